The van der Waals surface area contributed by atoms with E-state index in [1.165, 1.54) is 0 Å². The summed E-state index contributed by atoms with van der Waals surface area (Å²) in [4.78, 5) is 4.36. The van der Waals surface area contributed by atoms with Crippen LogP contribution in [-0.2, 0) is 32.8 Å². The fraction of sp³-hybridized carbons (Fsp3) is 0.312. The van der Waals surface area contributed by atoms with Crippen molar-refractivity contribution < 1.29 is 20.4 Å². The minimum absolute atomic E-state index is 0.274. The molecule has 2 rings (SSSR count). The van der Waals surface area contributed by atoms with Gasteiger partial charge in [-0.25, -0.2) is 0 Å². The van der Waals surface area contributed by atoms with Crippen molar-refractivity contribution in [3.63, 3.8) is 0 Å². The molecule has 0 amide bonds. The van der Waals surface area contributed by atoms with Gasteiger partial charge in [-0.2, -0.15) is 0 Å². The molecule has 0 aliphatic rings. The van der Waals surface area contributed by atoms with Gasteiger partial charge in [0.05, 0.1) is 37.8 Å². The molecule has 5 nitrogen and oxygen atoms in total. The average molecular weight is 289 g/mol. The van der Waals surface area contributed by atoms with E-state index in [1.807, 2.05) is 30.3 Å². The molecule has 0 spiro atoms. The lowest BCUT2D eigenvalue weighted by atomic mass is 9.96. The summed E-state index contributed by atoms with van der Waals surface area (Å²) >= 11 is 0. The predicted octanol–water partition coefficient (Wildman–Crippen LogP) is 0.642. The molecule has 0 fully saturated rings. The molecule has 4 N–H and O–H groups in total. The third-order valence-electron chi connectivity index (χ3n) is 3.53. The third kappa shape index (κ3) is 3.28. The quantitative estimate of drug-likeness (QED) is 0.626. The van der Waals surface area contributed by atoms with E-state index in [1.54, 1.807) is 0 Å². The van der Waals surface area contributed by atoms with Gasteiger partial charge in [-0.3, -0.25) is 4.98 Å². The lowest BCUT2D eigenvalue weighted by Crippen LogP contribution is -2.13. The van der Waals surface area contributed by atoms with Crippen molar-refractivity contribution in [2.45, 2.75) is 32.8 Å². The van der Waals surface area contributed by atoms with E-state index in [9.17, 15) is 20.4 Å². The van der Waals surface area contributed by atoms with Crippen LogP contribution in [0.4, 0.5) is 0 Å². The molecule has 0 saturated carbocycles. The number of hydrogen-bond acceptors (Lipinski definition) is 5. The zero-order chi connectivity index (χ0) is 15.2. The van der Waals surface area contributed by atoms with Crippen molar-refractivity contribution in [3.8, 4) is 0 Å². The number of benzene rings is 1. The maximum Gasteiger partial charge on any atom is 0.0856 e. The molecule has 5 heteroatoms. The second-order valence-electron chi connectivity index (χ2n) is 4.74. The van der Waals surface area contributed by atoms with Gasteiger partial charge in [-0.1, -0.05) is 30.3 Å². The van der Waals surface area contributed by atoms with Gasteiger partial charge in [0.2, 0.25) is 0 Å². The zero-order valence-electron chi connectivity index (χ0n) is 11.7. The number of aliphatic hydroxyl groups excluding tert-OH is 4. The Labute approximate surface area is 123 Å². The fourth-order valence-electron chi connectivity index (χ4n) is 2.46. The average Bonchev–Trinajstić information content (AvgIpc) is 2.54. The van der Waals surface area contributed by atoms with Crippen LogP contribution >= 0.6 is 0 Å². The number of hydrogen-bond donors (Lipinski definition) is 4. The van der Waals surface area contributed by atoms with E-state index in [0.29, 0.717) is 34.5 Å². The first-order valence-corrected chi connectivity index (χ1v) is 6.74. The van der Waals surface area contributed by atoms with Crippen molar-refractivity contribution in [2.24, 2.45) is 0 Å². The summed E-state index contributed by atoms with van der Waals surface area (Å²) < 4.78 is 0. The predicted molar refractivity (Wildman–Crippen MR) is 77.2 cm³/mol. The molecule has 0 radical (unpaired) electrons. The SMILES string of the molecule is OCc1nc(Cc2ccccc2)c(CO)c(CO)c1CO. The highest BCUT2D eigenvalue weighted by molar-refractivity contribution is 5.41. The smallest absolute Gasteiger partial charge is 0.0856 e. The molecule has 1 heterocycles. The van der Waals surface area contributed by atoms with Crippen molar-refractivity contribution in [1.82, 2.24) is 4.98 Å². The van der Waals surface area contributed by atoms with E-state index < -0.39 is 0 Å². The molecule has 2 aromatic rings. The Morgan fingerprint density at radius 3 is 1.76 bits per heavy atom. The lowest BCUT2D eigenvalue weighted by molar-refractivity contribution is 0.235. The molecule has 112 valence electrons. The van der Waals surface area contributed by atoms with Crippen LogP contribution < -0.4 is 0 Å². The van der Waals surface area contributed by atoms with E-state index in [4.69, 9.17) is 0 Å². The molecule has 21 heavy (non-hydrogen) atoms. The highest BCUT2D eigenvalue weighted by Gasteiger charge is 2.18. The van der Waals surface area contributed by atoms with Crippen LogP contribution in [0.2, 0.25) is 0 Å². The third-order valence-corrected chi connectivity index (χ3v) is 3.53. The Morgan fingerprint density at radius 1 is 0.667 bits per heavy atom. The topological polar surface area (TPSA) is 93.8 Å². The maximum absolute atomic E-state index is 9.60. The zero-order valence-corrected chi connectivity index (χ0v) is 11.7. The Morgan fingerprint density at radius 2 is 1.24 bits per heavy atom. The number of pyridine rings is 1. The number of aliphatic hydroxyl groups is 4. The van der Waals surface area contributed by atoms with Gasteiger partial charge < -0.3 is 20.4 Å². The van der Waals surface area contributed by atoms with Crippen molar-refractivity contribution >= 4 is 0 Å². The summed E-state index contributed by atoms with van der Waals surface area (Å²) in [6.45, 7) is -1.25. The molecule has 1 aromatic carbocycles. The molecule has 0 atom stereocenters. The number of rotatable bonds is 6. The van der Waals surface area contributed by atoms with Crippen LogP contribution in [0.15, 0.2) is 30.3 Å². The summed E-state index contributed by atoms with van der Waals surface area (Å²) in [5.74, 6) is 0. The number of aromatic nitrogens is 1. The van der Waals surface area contributed by atoms with Gasteiger partial charge in [-0.15, -0.1) is 0 Å². The number of nitrogens with zero attached hydrogens (tertiary/aromatic N) is 1. The Hall–Kier alpha value is -1.79. The minimum Gasteiger partial charge on any atom is -0.392 e. The van der Waals surface area contributed by atoms with E-state index in [0.717, 1.165) is 5.56 Å². The van der Waals surface area contributed by atoms with Crippen LogP contribution in [0.5, 0.6) is 0 Å². The van der Waals surface area contributed by atoms with Crippen LogP contribution in [0.3, 0.4) is 0 Å². The second kappa shape index (κ2) is 7.28. The summed E-state index contributed by atoms with van der Waals surface area (Å²) in [5, 5.41) is 38.0. The molecule has 0 aliphatic carbocycles. The Balaban J connectivity index is 2.54. The first-order chi connectivity index (χ1) is 10.2. The van der Waals surface area contributed by atoms with E-state index in [2.05, 4.69) is 4.98 Å². The summed E-state index contributed by atoms with van der Waals surface area (Å²) in [6.07, 6.45) is 0.489. The highest BCUT2D eigenvalue weighted by atomic mass is 16.3. The standard InChI is InChI=1S/C16H19NO4/c18-7-12-13(8-19)15(6-11-4-2-1-3-5-11)17-16(10-21)14(12)9-20/h1-5,18-21H,6-10H2. The summed E-state index contributed by atoms with van der Waals surface area (Å²) in [7, 11) is 0. The van der Waals surface area contributed by atoms with Crippen LogP contribution in [0, 0.1) is 0 Å². The first kappa shape index (κ1) is 15.6. The normalized spacial score (nSPS) is 10.9. The summed E-state index contributed by atoms with van der Waals surface area (Å²) in [5.41, 5.74) is 3.32. The molecule has 0 bridgehead atoms. The van der Waals surface area contributed by atoms with Crippen LogP contribution in [-0.4, -0.2) is 25.4 Å². The van der Waals surface area contributed by atoms with Crippen molar-refractivity contribution in [2.75, 3.05) is 0 Å². The van der Waals surface area contributed by atoms with Gasteiger partial charge in [0.25, 0.3) is 0 Å². The monoisotopic (exact) mass is 289 g/mol. The first-order valence-electron chi connectivity index (χ1n) is 6.74. The molecular weight excluding hydrogens is 270 g/mol. The highest BCUT2D eigenvalue weighted by Crippen LogP contribution is 2.24. The Kier molecular flexibility index (Phi) is 5.41. The van der Waals surface area contributed by atoms with Gasteiger partial charge in [0, 0.05) is 17.5 Å². The van der Waals surface area contributed by atoms with Crippen LogP contribution in [0.25, 0.3) is 0 Å². The minimum atomic E-state index is -0.336. The van der Waals surface area contributed by atoms with Gasteiger partial charge in [0.1, 0.15) is 0 Å². The molecular formula is C16H19NO4. The van der Waals surface area contributed by atoms with Gasteiger partial charge in [0.15, 0.2) is 0 Å². The molecule has 0 aliphatic heterocycles. The lowest BCUT2D eigenvalue weighted by Gasteiger charge is -2.17. The fourth-order valence-corrected chi connectivity index (χ4v) is 2.46. The van der Waals surface area contributed by atoms with Crippen molar-refractivity contribution in [3.05, 3.63) is 64.0 Å². The Bertz CT molecular complexity index is 599. The van der Waals surface area contributed by atoms with Crippen LogP contribution in [0.1, 0.15) is 33.6 Å². The molecule has 1 aromatic heterocycles. The largest absolute Gasteiger partial charge is 0.392 e. The van der Waals surface area contributed by atoms with E-state index in [-0.39, 0.29) is 26.4 Å². The van der Waals surface area contributed by atoms with Crippen molar-refractivity contribution in [1.29, 1.82) is 0 Å². The summed E-state index contributed by atoms with van der Waals surface area (Å²) in [6, 6.07) is 9.63. The second-order valence-corrected chi connectivity index (χ2v) is 4.74. The molecule has 0 saturated heterocycles. The van der Waals surface area contributed by atoms with Gasteiger partial charge in [-0.05, 0) is 11.1 Å². The van der Waals surface area contributed by atoms with Gasteiger partial charge >= 0.3 is 0 Å². The molecule has 0 unspecified atom stereocenters. The van der Waals surface area contributed by atoms with E-state index >= 15 is 0 Å². The maximum atomic E-state index is 9.60.